The van der Waals surface area contributed by atoms with Crippen LogP contribution >= 0.6 is 0 Å². The van der Waals surface area contributed by atoms with Crippen LogP contribution in [0.2, 0.25) is 0 Å². The van der Waals surface area contributed by atoms with Gasteiger partial charge in [-0.2, -0.15) is 0 Å². The highest BCUT2D eigenvalue weighted by Gasteiger charge is 2.33. The number of hydrogen-bond acceptors (Lipinski definition) is 3. The summed E-state index contributed by atoms with van der Waals surface area (Å²) in [5.74, 6) is 2.01. The molecular weight excluding hydrogens is 248 g/mol. The van der Waals surface area contributed by atoms with Crippen molar-refractivity contribution in [3.8, 4) is 0 Å². The van der Waals surface area contributed by atoms with Gasteiger partial charge < -0.3 is 4.57 Å². The first-order valence-corrected chi connectivity index (χ1v) is 8.52. The zero-order valence-electron chi connectivity index (χ0n) is 10.8. The Morgan fingerprint density at radius 2 is 2.28 bits per heavy atom. The predicted octanol–water partition coefficient (Wildman–Crippen LogP) is 1.59. The van der Waals surface area contributed by atoms with Crippen LogP contribution in [0, 0.1) is 5.92 Å². The Bertz CT molecular complexity index is 547. The third kappa shape index (κ3) is 2.09. The van der Waals surface area contributed by atoms with Crippen molar-refractivity contribution in [3.05, 3.63) is 17.7 Å². The molecule has 100 valence electrons. The fourth-order valence-corrected chi connectivity index (χ4v) is 4.96. The zero-order chi connectivity index (χ0) is 12.8. The molecule has 1 aromatic heterocycles. The lowest BCUT2D eigenvalue weighted by molar-refractivity contribution is 0.389. The highest BCUT2D eigenvalue weighted by Crippen LogP contribution is 2.26. The van der Waals surface area contributed by atoms with E-state index in [9.17, 15) is 8.42 Å². The summed E-state index contributed by atoms with van der Waals surface area (Å²) in [5, 5.41) is -0.193. The maximum atomic E-state index is 11.9. The lowest BCUT2D eigenvalue weighted by Gasteiger charge is -2.23. The molecule has 0 saturated carbocycles. The van der Waals surface area contributed by atoms with Gasteiger partial charge in [0, 0.05) is 24.9 Å². The summed E-state index contributed by atoms with van der Waals surface area (Å²) in [6.07, 6.45) is 6.45. The largest absolute Gasteiger partial charge is 0.332 e. The Morgan fingerprint density at radius 3 is 3.00 bits per heavy atom. The van der Waals surface area contributed by atoms with Crippen LogP contribution in [0.15, 0.2) is 6.20 Å². The SMILES string of the molecule is CC1CCc2cnc(CC3CCCS3(=O)=O)n2C1. The molecule has 1 aromatic rings. The second kappa shape index (κ2) is 4.37. The number of fused-ring (bicyclic) bond motifs is 1. The standard InChI is InChI=1S/C13H20N2O2S/c1-10-4-5-11-8-14-13(15(11)9-10)7-12-3-2-6-18(12,16)17/h8,10,12H,2-7,9H2,1H3. The molecule has 3 rings (SSSR count). The fourth-order valence-electron chi connectivity index (χ4n) is 3.13. The van der Waals surface area contributed by atoms with Crippen LogP contribution in [-0.4, -0.2) is 29.0 Å². The Balaban J connectivity index is 1.84. The van der Waals surface area contributed by atoms with Crippen molar-refractivity contribution < 1.29 is 8.42 Å². The highest BCUT2D eigenvalue weighted by atomic mass is 32.2. The molecule has 3 heterocycles. The Labute approximate surface area is 108 Å². The van der Waals surface area contributed by atoms with E-state index in [4.69, 9.17) is 0 Å². The van der Waals surface area contributed by atoms with Crippen LogP contribution in [0.4, 0.5) is 0 Å². The molecule has 1 saturated heterocycles. The molecule has 0 bridgehead atoms. The normalized spacial score (nSPS) is 30.3. The van der Waals surface area contributed by atoms with Gasteiger partial charge in [0.15, 0.2) is 9.84 Å². The number of hydrogen-bond donors (Lipinski definition) is 0. The summed E-state index contributed by atoms with van der Waals surface area (Å²) in [5.41, 5.74) is 1.28. The third-order valence-corrected chi connectivity index (χ3v) is 6.56. The first-order valence-electron chi connectivity index (χ1n) is 6.81. The average Bonchev–Trinajstić information content (AvgIpc) is 2.84. The number of aromatic nitrogens is 2. The quantitative estimate of drug-likeness (QED) is 0.818. The smallest absolute Gasteiger partial charge is 0.153 e. The van der Waals surface area contributed by atoms with E-state index < -0.39 is 9.84 Å². The summed E-state index contributed by atoms with van der Waals surface area (Å²) >= 11 is 0. The predicted molar refractivity (Wildman–Crippen MR) is 70.2 cm³/mol. The number of nitrogens with zero attached hydrogens (tertiary/aromatic N) is 2. The van der Waals surface area contributed by atoms with E-state index in [-0.39, 0.29) is 5.25 Å². The van der Waals surface area contributed by atoms with Crippen LogP contribution in [0.1, 0.15) is 37.7 Å². The zero-order valence-corrected chi connectivity index (χ0v) is 11.6. The molecule has 1 fully saturated rings. The number of rotatable bonds is 2. The molecule has 0 N–H and O–H groups in total. The molecule has 5 heteroatoms. The van der Waals surface area contributed by atoms with Gasteiger partial charge >= 0.3 is 0 Å². The minimum Gasteiger partial charge on any atom is -0.332 e. The van der Waals surface area contributed by atoms with Crippen LogP contribution in [0.5, 0.6) is 0 Å². The first kappa shape index (κ1) is 12.2. The van der Waals surface area contributed by atoms with Gasteiger partial charge in [0.25, 0.3) is 0 Å². The molecule has 2 atom stereocenters. The van der Waals surface area contributed by atoms with Crippen LogP contribution < -0.4 is 0 Å². The molecular formula is C13H20N2O2S. The van der Waals surface area contributed by atoms with E-state index in [0.717, 1.165) is 31.6 Å². The van der Waals surface area contributed by atoms with Crippen molar-refractivity contribution in [2.24, 2.45) is 5.92 Å². The minimum atomic E-state index is -2.86. The van der Waals surface area contributed by atoms with Gasteiger partial charge in [0.05, 0.1) is 11.0 Å². The van der Waals surface area contributed by atoms with Crippen molar-refractivity contribution in [3.63, 3.8) is 0 Å². The second-order valence-electron chi connectivity index (χ2n) is 5.76. The maximum Gasteiger partial charge on any atom is 0.153 e. The first-order chi connectivity index (χ1) is 8.56. The van der Waals surface area contributed by atoms with Gasteiger partial charge in [-0.05, 0) is 31.6 Å². The minimum absolute atomic E-state index is 0.193. The van der Waals surface area contributed by atoms with Crippen LogP contribution in [-0.2, 0) is 29.2 Å². The van der Waals surface area contributed by atoms with Crippen molar-refractivity contribution >= 4 is 9.84 Å². The molecule has 4 nitrogen and oxygen atoms in total. The second-order valence-corrected chi connectivity index (χ2v) is 8.16. The van der Waals surface area contributed by atoms with E-state index in [1.165, 1.54) is 12.1 Å². The van der Waals surface area contributed by atoms with E-state index >= 15 is 0 Å². The van der Waals surface area contributed by atoms with Gasteiger partial charge in [-0.1, -0.05) is 6.92 Å². The molecule has 0 radical (unpaired) electrons. The van der Waals surface area contributed by atoms with Crippen molar-refractivity contribution in [1.29, 1.82) is 0 Å². The van der Waals surface area contributed by atoms with E-state index in [1.807, 2.05) is 6.20 Å². The Morgan fingerprint density at radius 1 is 1.44 bits per heavy atom. The highest BCUT2D eigenvalue weighted by molar-refractivity contribution is 7.92. The van der Waals surface area contributed by atoms with Gasteiger partial charge in [0.1, 0.15) is 5.82 Å². The molecule has 18 heavy (non-hydrogen) atoms. The monoisotopic (exact) mass is 268 g/mol. The van der Waals surface area contributed by atoms with Gasteiger partial charge in [-0.3, -0.25) is 0 Å². The van der Waals surface area contributed by atoms with Crippen molar-refractivity contribution in [2.75, 3.05) is 5.75 Å². The molecule has 2 aliphatic heterocycles. The lowest BCUT2D eigenvalue weighted by Crippen LogP contribution is -2.24. The van der Waals surface area contributed by atoms with Crippen LogP contribution in [0.3, 0.4) is 0 Å². The topological polar surface area (TPSA) is 52.0 Å². The van der Waals surface area contributed by atoms with E-state index in [1.54, 1.807) is 0 Å². The summed E-state index contributed by atoms with van der Waals surface area (Å²) in [4.78, 5) is 4.46. The van der Waals surface area contributed by atoms with Crippen molar-refractivity contribution in [1.82, 2.24) is 9.55 Å². The van der Waals surface area contributed by atoms with E-state index in [0.29, 0.717) is 18.1 Å². The summed E-state index contributed by atoms with van der Waals surface area (Å²) in [7, 11) is -2.86. The van der Waals surface area contributed by atoms with Gasteiger partial charge in [-0.15, -0.1) is 0 Å². The van der Waals surface area contributed by atoms with Gasteiger partial charge in [0.2, 0.25) is 0 Å². The number of aryl methyl sites for hydroxylation is 1. The number of sulfone groups is 1. The Hall–Kier alpha value is -0.840. The van der Waals surface area contributed by atoms with Crippen molar-refractivity contribution in [2.45, 2.75) is 50.8 Å². The lowest BCUT2D eigenvalue weighted by atomic mass is 10.0. The average molecular weight is 268 g/mol. The van der Waals surface area contributed by atoms with Crippen LogP contribution in [0.25, 0.3) is 0 Å². The molecule has 2 unspecified atom stereocenters. The number of imidazole rings is 1. The molecule has 2 aliphatic rings. The fraction of sp³-hybridized carbons (Fsp3) is 0.769. The third-order valence-electron chi connectivity index (χ3n) is 4.28. The van der Waals surface area contributed by atoms with Gasteiger partial charge in [-0.25, -0.2) is 13.4 Å². The molecule has 0 aromatic carbocycles. The summed E-state index contributed by atoms with van der Waals surface area (Å²) in [6, 6.07) is 0. The Kier molecular flexibility index (Phi) is 2.96. The van der Waals surface area contributed by atoms with E-state index in [2.05, 4.69) is 16.5 Å². The molecule has 0 aliphatic carbocycles. The summed E-state index contributed by atoms with van der Waals surface area (Å²) in [6.45, 7) is 3.25. The maximum absolute atomic E-state index is 11.9. The summed E-state index contributed by atoms with van der Waals surface area (Å²) < 4.78 is 26.0. The molecule has 0 spiro atoms. The molecule has 0 amide bonds.